The first-order chi connectivity index (χ1) is 14.0. The zero-order valence-electron chi connectivity index (χ0n) is 18.9. The highest BCUT2D eigenvalue weighted by Gasteiger charge is 2.25. The van der Waals surface area contributed by atoms with Gasteiger partial charge in [-0.25, -0.2) is 0 Å². The number of morpholine rings is 1. The van der Waals surface area contributed by atoms with Crippen molar-refractivity contribution >= 4 is 29.9 Å². The highest BCUT2D eigenvalue weighted by molar-refractivity contribution is 14.0. The number of rotatable bonds is 6. The van der Waals surface area contributed by atoms with E-state index in [1.807, 2.05) is 6.92 Å². The Bertz CT molecular complexity index is 835. The van der Waals surface area contributed by atoms with Crippen molar-refractivity contribution in [3.8, 4) is 0 Å². The van der Waals surface area contributed by atoms with Crippen molar-refractivity contribution < 1.29 is 4.74 Å². The van der Waals surface area contributed by atoms with E-state index in [-0.39, 0.29) is 30.1 Å². The first kappa shape index (κ1) is 24.7. The van der Waals surface area contributed by atoms with Gasteiger partial charge in [0.2, 0.25) is 0 Å². The van der Waals surface area contributed by atoms with Crippen LogP contribution in [0.5, 0.6) is 0 Å². The van der Waals surface area contributed by atoms with Crippen LogP contribution in [-0.4, -0.2) is 53.4 Å². The number of nitrogens with one attached hydrogen (secondary N) is 1. The van der Waals surface area contributed by atoms with Crippen molar-refractivity contribution in [1.82, 2.24) is 20.0 Å². The number of hydrogen-bond donors (Lipinski definition) is 1. The van der Waals surface area contributed by atoms with Gasteiger partial charge in [-0.15, -0.1) is 24.0 Å². The van der Waals surface area contributed by atoms with E-state index in [4.69, 9.17) is 9.73 Å². The normalized spacial score (nSPS) is 18.1. The van der Waals surface area contributed by atoms with Crippen molar-refractivity contribution in [2.45, 2.75) is 47.3 Å². The van der Waals surface area contributed by atoms with Crippen LogP contribution in [0.25, 0.3) is 0 Å². The number of aromatic nitrogens is 2. The highest BCUT2D eigenvalue weighted by Crippen LogP contribution is 2.25. The molecule has 0 bridgehead atoms. The third-order valence-corrected chi connectivity index (χ3v) is 5.38. The summed E-state index contributed by atoms with van der Waals surface area (Å²) in [5, 5.41) is 8.05. The lowest BCUT2D eigenvalue weighted by atomic mass is 10.0. The van der Waals surface area contributed by atoms with Crippen LogP contribution in [-0.2, 0) is 11.3 Å². The Morgan fingerprint density at radius 2 is 2.07 bits per heavy atom. The SMILES string of the molecule is CCNC(=NCC(C)Cn1nc(C)cc1C)N1CCOC(c2ccccc2C)C1.I. The number of hydrogen-bond acceptors (Lipinski definition) is 3. The van der Waals surface area contributed by atoms with Gasteiger partial charge in [0.1, 0.15) is 6.10 Å². The van der Waals surface area contributed by atoms with Crippen LogP contribution < -0.4 is 5.32 Å². The Morgan fingerprint density at radius 1 is 1.30 bits per heavy atom. The largest absolute Gasteiger partial charge is 0.370 e. The molecule has 2 heterocycles. The Balaban J connectivity index is 0.00000320. The summed E-state index contributed by atoms with van der Waals surface area (Å²) in [7, 11) is 0. The summed E-state index contributed by atoms with van der Waals surface area (Å²) in [6.07, 6.45) is 0.0842. The number of benzene rings is 1. The standard InChI is InChI=1S/C23H35N5O.HI/c1-6-24-23(25-14-17(2)15-28-20(5)13-19(4)26-28)27-11-12-29-22(16-27)21-10-8-7-9-18(21)3;/h7-10,13,17,22H,6,11-12,14-16H2,1-5H3,(H,24,25);1H. The maximum Gasteiger partial charge on any atom is 0.194 e. The average molecular weight is 525 g/mol. The Hall–Kier alpha value is -1.61. The molecule has 0 amide bonds. The van der Waals surface area contributed by atoms with E-state index in [1.165, 1.54) is 16.8 Å². The first-order valence-corrected chi connectivity index (χ1v) is 10.7. The molecule has 0 aliphatic carbocycles. The summed E-state index contributed by atoms with van der Waals surface area (Å²) < 4.78 is 8.18. The van der Waals surface area contributed by atoms with Gasteiger partial charge in [-0.3, -0.25) is 9.67 Å². The molecule has 1 aliphatic heterocycles. The molecule has 1 fully saturated rings. The van der Waals surface area contributed by atoms with Crippen LogP contribution in [0.3, 0.4) is 0 Å². The van der Waals surface area contributed by atoms with Crippen LogP contribution in [0.4, 0.5) is 0 Å². The van der Waals surface area contributed by atoms with Gasteiger partial charge in [0.05, 0.1) is 18.8 Å². The quantitative estimate of drug-likeness (QED) is 0.351. The second-order valence-corrected chi connectivity index (χ2v) is 8.07. The van der Waals surface area contributed by atoms with Gasteiger partial charge in [-0.1, -0.05) is 31.2 Å². The number of halogens is 1. The summed E-state index contributed by atoms with van der Waals surface area (Å²) in [4.78, 5) is 7.29. The lowest BCUT2D eigenvalue weighted by molar-refractivity contribution is -0.00835. The molecule has 0 saturated carbocycles. The van der Waals surface area contributed by atoms with E-state index in [2.05, 4.69) is 78.0 Å². The van der Waals surface area contributed by atoms with Gasteiger partial charge >= 0.3 is 0 Å². The van der Waals surface area contributed by atoms with Gasteiger partial charge in [0.15, 0.2) is 5.96 Å². The van der Waals surface area contributed by atoms with Gasteiger partial charge in [0, 0.05) is 31.9 Å². The number of nitrogens with zero attached hydrogens (tertiary/aromatic N) is 4. The predicted octanol–water partition coefficient (Wildman–Crippen LogP) is 4.10. The Kier molecular flexibility index (Phi) is 9.61. The van der Waals surface area contributed by atoms with E-state index < -0.39 is 0 Å². The van der Waals surface area contributed by atoms with Gasteiger partial charge < -0.3 is 15.0 Å². The van der Waals surface area contributed by atoms with Crippen LogP contribution in [0, 0.1) is 26.7 Å². The van der Waals surface area contributed by atoms with Crippen LogP contribution in [0.2, 0.25) is 0 Å². The van der Waals surface area contributed by atoms with Crippen LogP contribution in [0.15, 0.2) is 35.3 Å². The predicted molar refractivity (Wildman–Crippen MR) is 134 cm³/mol. The molecule has 30 heavy (non-hydrogen) atoms. The summed E-state index contributed by atoms with van der Waals surface area (Å²) in [5.74, 6) is 1.39. The number of aliphatic imine (C=N–C) groups is 1. The van der Waals surface area contributed by atoms with Gasteiger partial charge in [-0.2, -0.15) is 5.10 Å². The molecule has 0 spiro atoms. The monoisotopic (exact) mass is 525 g/mol. The molecule has 2 atom stereocenters. The summed E-state index contributed by atoms with van der Waals surface area (Å²) in [6, 6.07) is 10.6. The van der Waals surface area contributed by atoms with Gasteiger partial charge in [0.25, 0.3) is 0 Å². The summed E-state index contributed by atoms with van der Waals surface area (Å²) in [5.41, 5.74) is 4.83. The molecule has 166 valence electrons. The van der Waals surface area contributed by atoms with E-state index in [0.29, 0.717) is 12.5 Å². The third-order valence-electron chi connectivity index (χ3n) is 5.38. The fraction of sp³-hybridized carbons (Fsp3) is 0.565. The molecular weight excluding hydrogens is 489 g/mol. The highest BCUT2D eigenvalue weighted by atomic mass is 127. The number of guanidine groups is 1. The lowest BCUT2D eigenvalue weighted by Gasteiger charge is -2.36. The average Bonchev–Trinajstić information content (AvgIpc) is 3.02. The second-order valence-electron chi connectivity index (χ2n) is 8.07. The van der Waals surface area contributed by atoms with Gasteiger partial charge in [-0.05, 0) is 50.8 Å². The summed E-state index contributed by atoms with van der Waals surface area (Å²) >= 11 is 0. The van der Waals surface area contributed by atoms with Crippen molar-refractivity contribution in [3.63, 3.8) is 0 Å². The van der Waals surface area contributed by atoms with E-state index in [9.17, 15) is 0 Å². The molecule has 7 heteroatoms. The molecule has 1 saturated heterocycles. The zero-order chi connectivity index (χ0) is 20.8. The molecule has 3 rings (SSSR count). The maximum atomic E-state index is 6.09. The Labute approximate surface area is 198 Å². The fourth-order valence-corrected chi connectivity index (χ4v) is 3.86. The molecule has 2 unspecified atom stereocenters. The van der Waals surface area contributed by atoms with Crippen LogP contribution in [0.1, 0.15) is 42.5 Å². The topological polar surface area (TPSA) is 54.7 Å². The molecular formula is C23H36IN5O. The zero-order valence-corrected chi connectivity index (χ0v) is 21.2. The minimum atomic E-state index is 0. The van der Waals surface area contributed by atoms with E-state index >= 15 is 0 Å². The van der Waals surface area contributed by atoms with E-state index in [0.717, 1.165) is 44.4 Å². The molecule has 1 aliphatic rings. The third kappa shape index (κ3) is 6.44. The number of aryl methyl sites for hydroxylation is 3. The lowest BCUT2D eigenvalue weighted by Crippen LogP contribution is -2.48. The molecule has 1 N–H and O–H groups in total. The van der Waals surface area contributed by atoms with Crippen molar-refractivity contribution in [3.05, 3.63) is 52.8 Å². The molecule has 6 nitrogen and oxygen atoms in total. The minimum Gasteiger partial charge on any atom is -0.370 e. The molecule has 2 aromatic rings. The molecule has 1 aromatic carbocycles. The smallest absolute Gasteiger partial charge is 0.194 e. The van der Waals surface area contributed by atoms with Crippen molar-refractivity contribution in [1.29, 1.82) is 0 Å². The van der Waals surface area contributed by atoms with Crippen molar-refractivity contribution in [2.75, 3.05) is 32.8 Å². The molecule has 0 radical (unpaired) electrons. The summed E-state index contributed by atoms with van der Waals surface area (Å²) in [6.45, 7) is 15.6. The Morgan fingerprint density at radius 3 is 2.73 bits per heavy atom. The maximum absolute atomic E-state index is 6.09. The minimum absolute atomic E-state index is 0. The molecule has 1 aromatic heterocycles. The second kappa shape index (κ2) is 11.7. The first-order valence-electron chi connectivity index (χ1n) is 10.7. The van der Waals surface area contributed by atoms with Crippen LogP contribution >= 0.6 is 24.0 Å². The number of ether oxygens (including phenoxy) is 1. The fourth-order valence-electron chi connectivity index (χ4n) is 3.86. The van der Waals surface area contributed by atoms with E-state index in [1.54, 1.807) is 0 Å². The van der Waals surface area contributed by atoms with Crippen molar-refractivity contribution in [2.24, 2.45) is 10.9 Å².